The molecule has 0 saturated heterocycles. The summed E-state index contributed by atoms with van der Waals surface area (Å²) in [5.41, 5.74) is 6.75. The third kappa shape index (κ3) is 5.93. The largest absolute Gasteiger partial charge is 0.327 e. The zero-order chi connectivity index (χ0) is 14.5. The first-order valence-electron chi connectivity index (χ1n) is 6.17. The highest BCUT2D eigenvalue weighted by Crippen LogP contribution is 2.27. The van der Waals surface area contributed by atoms with Gasteiger partial charge in [0.15, 0.2) is 0 Å². The van der Waals surface area contributed by atoms with Crippen LogP contribution in [0.3, 0.4) is 0 Å². The Balaban J connectivity index is 2.80. The molecule has 0 radical (unpaired) electrons. The highest BCUT2D eigenvalue weighted by atomic mass is 32.2. The summed E-state index contributed by atoms with van der Waals surface area (Å²) in [5.74, 6) is 0.0960. The van der Waals surface area contributed by atoms with Gasteiger partial charge in [0.2, 0.25) is 0 Å². The Hall–Kier alpha value is -0.590. The van der Waals surface area contributed by atoms with E-state index in [4.69, 9.17) is 5.73 Å². The van der Waals surface area contributed by atoms with Crippen LogP contribution in [0.15, 0.2) is 23.1 Å². The van der Waals surface area contributed by atoms with Crippen molar-refractivity contribution in [2.75, 3.05) is 17.8 Å². The lowest BCUT2D eigenvalue weighted by atomic mass is 10.0. The number of halogens is 1. The van der Waals surface area contributed by atoms with Crippen LogP contribution in [-0.2, 0) is 16.3 Å². The number of sulfone groups is 1. The van der Waals surface area contributed by atoms with Gasteiger partial charge >= 0.3 is 0 Å². The highest BCUT2D eigenvalue weighted by molar-refractivity contribution is 8.00. The van der Waals surface area contributed by atoms with E-state index in [0.717, 1.165) is 12.0 Å². The first-order valence-corrected chi connectivity index (χ1v) is 9.21. The molecule has 0 bridgehead atoms. The second-order valence-corrected chi connectivity index (χ2v) is 7.94. The average molecular weight is 305 g/mol. The van der Waals surface area contributed by atoms with Crippen molar-refractivity contribution in [3.8, 4) is 0 Å². The van der Waals surface area contributed by atoms with Crippen molar-refractivity contribution in [1.82, 2.24) is 0 Å². The summed E-state index contributed by atoms with van der Waals surface area (Å²) in [5, 5.41) is 0. The fourth-order valence-corrected chi connectivity index (χ4v) is 3.89. The summed E-state index contributed by atoms with van der Waals surface area (Å²) in [4.78, 5) is 0.523. The first kappa shape index (κ1) is 16.5. The van der Waals surface area contributed by atoms with E-state index in [0.29, 0.717) is 17.1 Å². The minimum absolute atomic E-state index is 0.00365. The maximum absolute atomic E-state index is 13.8. The van der Waals surface area contributed by atoms with Crippen LogP contribution in [0.2, 0.25) is 0 Å². The number of benzene rings is 1. The van der Waals surface area contributed by atoms with Crippen LogP contribution < -0.4 is 5.73 Å². The zero-order valence-electron chi connectivity index (χ0n) is 11.2. The molecule has 0 heterocycles. The second-order valence-electron chi connectivity index (χ2n) is 4.58. The summed E-state index contributed by atoms with van der Waals surface area (Å²) in [6, 6.07) is 4.90. The van der Waals surface area contributed by atoms with Gasteiger partial charge in [0.1, 0.15) is 15.7 Å². The predicted octanol–water partition coefficient (Wildman–Crippen LogP) is 2.24. The molecule has 2 N–H and O–H groups in total. The smallest absolute Gasteiger partial charge is 0.148 e. The fourth-order valence-electron chi connectivity index (χ4n) is 1.60. The van der Waals surface area contributed by atoms with Crippen molar-refractivity contribution in [3.63, 3.8) is 0 Å². The molecule has 1 atom stereocenters. The van der Waals surface area contributed by atoms with Crippen molar-refractivity contribution < 1.29 is 12.8 Å². The van der Waals surface area contributed by atoms with Crippen molar-refractivity contribution >= 4 is 21.6 Å². The molecule has 108 valence electrons. The van der Waals surface area contributed by atoms with Gasteiger partial charge in [-0.2, -0.15) is 0 Å². The number of hydrogen-bond acceptors (Lipinski definition) is 4. The molecule has 0 saturated carbocycles. The molecule has 0 aliphatic rings. The zero-order valence-corrected chi connectivity index (χ0v) is 12.9. The third-order valence-electron chi connectivity index (χ3n) is 2.76. The van der Waals surface area contributed by atoms with Crippen molar-refractivity contribution in [2.24, 2.45) is 5.73 Å². The molecular formula is C13H20FNO2S2. The lowest BCUT2D eigenvalue weighted by Crippen LogP contribution is -2.21. The highest BCUT2D eigenvalue weighted by Gasteiger charge is 2.12. The molecule has 1 unspecified atom stereocenters. The van der Waals surface area contributed by atoms with Crippen LogP contribution in [0.1, 0.15) is 18.9 Å². The Kier molecular flexibility index (Phi) is 6.29. The number of nitrogens with two attached hydrogens (primary N) is 1. The average Bonchev–Trinajstić information content (AvgIpc) is 2.31. The van der Waals surface area contributed by atoms with E-state index in [1.165, 1.54) is 24.1 Å². The normalized spacial score (nSPS) is 13.5. The molecule has 1 rings (SSSR count). The molecule has 19 heavy (non-hydrogen) atoms. The Morgan fingerprint density at radius 1 is 1.42 bits per heavy atom. The van der Waals surface area contributed by atoms with Gasteiger partial charge in [0.25, 0.3) is 0 Å². The van der Waals surface area contributed by atoms with Crippen LogP contribution in [-0.4, -0.2) is 32.2 Å². The van der Waals surface area contributed by atoms with E-state index < -0.39 is 9.84 Å². The molecule has 0 spiro atoms. The molecule has 1 aromatic rings. The van der Waals surface area contributed by atoms with E-state index in [-0.39, 0.29) is 17.6 Å². The Morgan fingerprint density at radius 2 is 2.11 bits per heavy atom. The molecule has 6 heteroatoms. The minimum atomic E-state index is -3.02. The molecule has 3 nitrogen and oxygen atoms in total. The monoisotopic (exact) mass is 305 g/mol. The van der Waals surface area contributed by atoms with Crippen LogP contribution in [0.4, 0.5) is 4.39 Å². The quantitative estimate of drug-likeness (QED) is 0.785. The van der Waals surface area contributed by atoms with Crippen LogP contribution in [0.25, 0.3) is 0 Å². The molecule has 0 aliphatic heterocycles. The van der Waals surface area contributed by atoms with E-state index in [1.54, 1.807) is 6.07 Å². The maximum atomic E-state index is 13.8. The Bertz CT molecular complexity index is 517. The molecule has 1 aromatic carbocycles. The molecule has 0 aromatic heterocycles. The summed E-state index contributed by atoms with van der Waals surface area (Å²) in [6.07, 6.45) is 2.61. The van der Waals surface area contributed by atoms with Gasteiger partial charge in [-0.1, -0.05) is 19.1 Å². The third-order valence-corrected chi connectivity index (χ3v) is 5.11. The lowest BCUT2D eigenvalue weighted by Gasteiger charge is -2.13. The Morgan fingerprint density at radius 3 is 2.68 bits per heavy atom. The van der Waals surface area contributed by atoms with Crippen molar-refractivity contribution in [3.05, 3.63) is 29.6 Å². The summed E-state index contributed by atoms with van der Waals surface area (Å²) < 4.78 is 36.0. The summed E-state index contributed by atoms with van der Waals surface area (Å²) in [7, 11) is -3.02. The van der Waals surface area contributed by atoms with Crippen LogP contribution in [0, 0.1) is 5.82 Å². The molecule has 0 amide bonds. The van der Waals surface area contributed by atoms with Gasteiger partial charge in [-0.25, -0.2) is 12.8 Å². The van der Waals surface area contributed by atoms with Crippen LogP contribution in [0.5, 0.6) is 0 Å². The van der Waals surface area contributed by atoms with Gasteiger partial charge < -0.3 is 5.73 Å². The van der Waals surface area contributed by atoms with E-state index in [9.17, 15) is 12.8 Å². The van der Waals surface area contributed by atoms with Crippen LogP contribution >= 0.6 is 11.8 Å². The van der Waals surface area contributed by atoms with Gasteiger partial charge in [0.05, 0.1) is 5.75 Å². The number of hydrogen-bond donors (Lipinski definition) is 1. The first-order chi connectivity index (χ1) is 8.83. The summed E-state index contributed by atoms with van der Waals surface area (Å²) >= 11 is 1.24. The summed E-state index contributed by atoms with van der Waals surface area (Å²) in [6.45, 7) is 1.99. The molecule has 0 fully saturated rings. The minimum Gasteiger partial charge on any atom is -0.327 e. The fraction of sp³-hybridized carbons (Fsp3) is 0.538. The standard InChI is InChI=1S/C13H20FNO2S2/c1-3-11(15)9-10-5-4-6-12(14)13(10)18-7-8-19(2,16)17/h4-6,11H,3,7-9,15H2,1-2H3. The van der Waals surface area contributed by atoms with Gasteiger partial charge in [-0.05, 0) is 24.5 Å². The predicted molar refractivity (Wildman–Crippen MR) is 78.8 cm³/mol. The lowest BCUT2D eigenvalue weighted by molar-refractivity contribution is 0.585. The van der Waals surface area contributed by atoms with E-state index in [1.807, 2.05) is 13.0 Å². The van der Waals surface area contributed by atoms with Gasteiger partial charge in [-0.15, -0.1) is 11.8 Å². The van der Waals surface area contributed by atoms with E-state index in [2.05, 4.69) is 0 Å². The number of thioether (sulfide) groups is 1. The van der Waals surface area contributed by atoms with Crippen molar-refractivity contribution in [1.29, 1.82) is 0 Å². The number of rotatable bonds is 7. The van der Waals surface area contributed by atoms with Gasteiger partial charge in [0, 0.05) is 22.9 Å². The Labute approximate surface area is 118 Å². The SMILES string of the molecule is CCC(N)Cc1cccc(F)c1SCCS(C)(=O)=O. The molecule has 0 aliphatic carbocycles. The second kappa shape index (κ2) is 7.26. The topological polar surface area (TPSA) is 60.2 Å². The molecular weight excluding hydrogens is 285 g/mol. The van der Waals surface area contributed by atoms with Crippen molar-refractivity contribution in [2.45, 2.75) is 30.7 Å². The maximum Gasteiger partial charge on any atom is 0.148 e. The van der Waals surface area contributed by atoms with Gasteiger partial charge in [-0.3, -0.25) is 0 Å². The van der Waals surface area contributed by atoms with E-state index >= 15 is 0 Å².